The standard InChI is InChI=1S/C17H18F2N4O3/c18-14(19)16-20-15(21-26-16)10-5-8-22(9-6-10)17(25)12-3-4-13(24)11-2-1-7-23(11)12/h1-2,7,10,12,14H,3-6,8-9H2. The second-order valence-electron chi connectivity index (χ2n) is 6.67. The van der Waals surface area contributed by atoms with Gasteiger partial charge in [-0.15, -0.1) is 0 Å². The number of carbonyl (C=O) groups excluding carboxylic acids is 2. The van der Waals surface area contributed by atoms with Crippen molar-refractivity contribution in [3.63, 3.8) is 0 Å². The molecule has 0 N–H and O–H groups in total. The number of nitrogens with zero attached hydrogens (tertiary/aromatic N) is 4. The Balaban J connectivity index is 1.41. The average molecular weight is 364 g/mol. The lowest BCUT2D eigenvalue weighted by molar-refractivity contribution is -0.136. The average Bonchev–Trinajstić information content (AvgIpc) is 3.32. The van der Waals surface area contributed by atoms with Crippen molar-refractivity contribution in [1.29, 1.82) is 0 Å². The number of likely N-dealkylation sites (tertiary alicyclic amines) is 1. The summed E-state index contributed by atoms with van der Waals surface area (Å²) in [6, 6.07) is 3.16. The topological polar surface area (TPSA) is 81.2 Å². The normalized spacial score (nSPS) is 21.3. The van der Waals surface area contributed by atoms with E-state index in [4.69, 9.17) is 0 Å². The number of Topliss-reactive ketones (excluding diaryl/α,β-unsaturated/α-hetero) is 1. The SMILES string of the molecule is O=C1CCC(C(=O)N2CCC(c3noc(C(F)F)n3)CC2)n2cccc21. The van der Waals surface area contributed by atoms with E-state index >= 15 is 0 Å². The fourth-order valence-corrected chi connectivity index (χ4v) is 3.75. The van der Waals surface area contributed by atoms with Crippen molar-refractivity contribution >= 4 is 11.7 Å². The summed E-state index contributed by atoms with van der Waals surface area (Å²) in [5.41, 5.74) is 0.579. The molecule has 0 saturated carbocycles. The van der Waals surface area contributed by atoms with Crippen LogP contribution in [0.25, 0.3) is 0 Å². The van der Waals surface area contributed by atoms with Gasteiger partial charge in [0.2, 0.25) is 5.91 Å². The van der Waals surface area contributed by atoms with Gasteiger partial charge < -0.3 is 14.0 Å². The number of amides is 1. The summed E-state index contributed by atoms with van der Waals surface area (Å²) in [5.74, 6) is -0.418. The lowest BCUT2D eigenvalue weighted by Gasteiger charge is -2.35. The zero-order valence-electron chi connectivity index (χ0n) is 14.0. The van der Waals surface area contributed by atoms with Gasteiger partial charge in [0.1, 0.15) is 6.04 Å². The number of hydrogen-bond acceptors (Lipinski definition) is 5. The molecule has 1 amide bonds. The Hall–Kier alpha value is -2.58. The molecule has 1 saturated heterocycles. The zero-order chi connectivity index (χ0) is 18.3. The van der Waals surface area contributed by atoms with Gasteiger partial charge in [0, 0.05) is 31.6 Å². The van der Waals surface area contributed by atoms with Gasteiger partial charge in [-0.25, -0.2) is 0 Å². The highest BCUT2D eigenvalue weighted by atomic mass is 19.3. The summed E-state index contributed by atoms with van der Waals surface area (Å²) in [4.78, 5) is 30.3. The highest BCUT2D eigenvalue weighted by Gasteiger charge is 2.35. The van der Waals surface area contributed by atoms with Crippen LogP contribution in [0.3, 0.4) is 0 Å². The first-order chi connectivity index (χ1) is 12.5. The van der Waals surface area contributed by atoms with Gasteiger partial charge in [-0.1, -0.05) is 5.16 Å². The largest absolute Gasteiger partial charge is 0.341 e. The molecule has 1 unspecified atom stereocenters. The molecule has 0 radical (unpaired) electrons. The second-order valence-corrected chi connectivity index (χ2v) is 6.67. The molecule has 0 aromatic carbocycles. The fourth-order valence-electron chi connectivity index (χ4n) is 3.75. The van der Waals surface area contributed by atoms with Crippen LogP contribution in [0.15, 0.2) is 22.9 Å². The minimum Gasteiger partial charge on any atom is -0.341 e. The molecule has 0 bridgehead atoms. The first-order valence-corrected chi connectivity index (χ1v) is 8.65. The molecule has 1 atom stereocenters. The number of carbonyl (C=O) groups is 2. The molecule has 2 aromatic heterocycles. The molecule has 4 heterocycles. The first kappa shape index (κ1) is 16.9. The summed E-state index contributed by atoms with van der Waals surface area (Å²) in [5, 5.41) is 3.64. The van der Waals surface area contributed by atoms with Crippen molar-refractivity contribution < 1.29 is 22.9 Å². The Morgan fingerprint density at radius 2 is 2.04 bits per heavy atom. The minimum absolute atomic E-state index is 0.00483. The third-order valence-corrected chi connectivity index (χ3v) is 5.15. The van der Waals surface area contributed by atoms with Crippen molar-refractivity contribution in [3.8, 4) is 0 Å². The van der Waals surface area contributed by atoms with Gasteiger partial charge >= 0.3 is 6.43 Å². The number of rotatable bonds is 3. The molecule has 0 aliphatic carbocycles. The van der Waals surface area contributed by atoms with Gasteiger partial charge in [-0.3, -0.25) is 9.59 Å². The smallest absolute Gasteiger partial charge is 0.315 e. The number of fused-ring (bicyclic) bond motifs is 1. The van der Waals surface area contributed by atoms with Gasteiger partial charge in [0.25, 0.3) is 5.89 Å². The van der Waals surface area contributed by atoms with Crippen LogP contribution in [0, 0.1) is 0 Å². The van der Waals surface area contributed by atoms with Crippen LogP contribution in [0.1, 0.15) is 66.3 Å². The van der Waals surface area contributed by atoms with Crippen LogP contribution in [0.2, 0.25) is 0 Å². The van der Waals surface area contributed by atoms with Crippen LogP contribution in [-0.2, 0) is 4.79 Å². The molecule has 7 nitrogen and oxygen atoms in total. The highest BCUT2D eigenvalue weighted by Crippen LogP contribution is 2.31. The Labute approximate surface area is 148 Å². The summed E-state index contributed by atoms with van der Waals surface area (Å²) in [6.45, 7) is 1.01. The maximum absolute atomic E-state index is 12.9. The molecule has 4 rings (SSSR count). The number of alkyl halides is 2. The van der Waals surface area contributed by atoms with Crippen LogP contribution in [-0.4, -0.2) is 44.4 Å². The minimum atomic E-state index is -2.78. The van der Waals surface area contributed by atoms with E-state index < -0.39 is 12.3 Å². The van der Waals surface area contributed by atoms with Crippen LogP contribution >= 0.6 is 0 Å². The maximum Gasteiger partial charge on any atom is 0.315 e. The van der Waals surface area contributed by atoms with Crippen LogP contribution in [0.4, 0.5) is 8.78 Å². The number of hydrogen-bond donors (Lipinski definition) is 0. The lowest BCUT2D eigenvalue weighted by atomic mass is 9.94. The van der Waals surface area contributed by atoms with Gasteiger partial charge in [-0.05, 0) is 31.4 Å². The third kappa shape index (κ3) is 2.91. The van der Waals surface area contributed by atoms with E-state index in [2.05, 4.69) is 14.7 Å². The predicted molar refractivity (Wildman–Crippen MR) is 84.8 cm³/mol. The zero-order valence-corrected chi connectivity index (χ0v) is 14.0. The number of aromatic nitrogens is 3. The summed E-state index contributed by atoms with van der Waals surface area (Å²) in [6.07, 6.45) is 1.06. The number of halogens is 2. The predicted octanol–water partition coefficient (Wildman–Crippen LogP) is 2.73. The molecule has 2 aliphatic heterocycles. The molecule has 138 valence electrons. The van der Waals surface area contributed by atoms with E-state index in [-0.39, 0.29) is 29.5 Å². The van der Waals surface area contributed by atoms with Crippen molar-refractivity contribution in [2.75, 3.05) is 13.1 Å². The van der Waals surface area contributed by atoms with Crippen molar-refractivity contribution in [2.24, 2.45) is 0 Å². The Morgan fingerprint density at radius 1 is 1.27 bits per heavy atom. The fraction of sp³-hybridized carbons (Fsp3) is 0.529. The molecular weight excluding hydrogens is 346 g/mol. The summed E-state index contributed by atoms with van der Waals surface area (Å²) < 4.78 is 31.5. The molecule has 0 spiro atoms. The monoisotopic (exact) mass is 364 g/mol. The van der Waals surface area contributed by atoms with Crippen molar-refractivity contribution in [2.45, 2.75) is 44.1 Å². The Morgan fingerprint density at radius 3 is 2.73 bits per heavy atom. The Kier molecular flexibility index (Phi) is 4.29. The quantitative estimate of drug-likeness (QED) is 0.836. The number of piperidine rings is 1. The highest BCUT2D eigenvalue weighted by molar-refractivity contribution is 5.97. The van der Waals surface area contributed by atoms with Gasteiger partial charge in [0.15, 0.2) is 11.6 Å². The molecule has 2 aliphatic rings. The molecule has 26 heavy (non-hydrogen) atoms. The van der Waals surface area contributed by atoms with E-state index in [1.807, 2.05) is 0 Å². The summed E-state index contributed by atoms with van der Waals surface area (Å²) in [7, 11) is 0. The first-order valence-electron chi connectivity index (χ1n) is 8.65. The van der Waals surface area contributed by atoms with Crippen molar-refractivity contribution in [1.82, 2.24) is 19.6 Å². The van der Waals surface area contributed by atoms with Crippen LogP contribution in [0.5, 0.6) is 0 Å². The molecule has 9 heteroatoms. The summed E-state index contributed by atoms with van der Waals surface area (Å²) >= 11 is 0. The maximum atomic E-state index is 12.9. The van der Waals surface area contributed by atoms with Crippen molar-refractivity contribution in [3.05, 3.63) is 35.7 Å². The van der Waals surface area contributed by atoms with E-state index in [0.29, 0.717) is 44.5 Å². The van der Waals surface area contributed by atoms with Gasteiger partial charge in [0.05, 0.1) is 5.69 Å². The lowest BCUT2D eigenvalue weighted by Crippen LogP contribution is -2.43. The van der Waals surface area contributed by atoms with Crippen LogP contribution < -0.4 is 0 Å². The van der Waals surface area contributed by atoms with Gasteiger partial charge in [-0.2, -0.15) is 13.8 Å². The third-order valence-electron chi connectivity index (χ3n) is 5.15. The van der Waals surface area contributed by atoms with E-state index in [0.717, 1.165) is 0 Å². The number of ketones is 1. The Bertz CT molecular complexity index is 824. The molecular formula is C17H18F2N4O3. The molecule has 1 fully saturated rings. The molecule has 2 aromatic rings. The second kappa shape index (κ2) is 6.62. The van der Waals surface area contributed by atoms with E-state index in [1.54, 1.807) is 27.8 Å². The van der Waals surface area contributed by atoms with E-state index in [1.165, 1.54) is 0 Å². The van der Waals surface area contributed by atoms with E-state index in [9.17, 15) is 18.4 Å².